The molecule has 7 heteroatoms. The van der Waals surface area contributed by atoms with E-state index >= 15 is 0 Å². The van der Waals surface area contributed by atoms with Crippen molar-refractivity contribution in [3.8, 4) is 0 Å². The maximum atomic E-state index is 12.5. The van der Waals surface area contributed by atoms with Crippen molar-refractivity contribution in [3.63, 3.8) is 0 Å². The van der Waals surface area contributed by atoms with Gasteiger partial charge in [-0.15, -0.1) is 0 Å². The van der Waals surface area contributed by atoms with Gasteiger partial charge in [-0.1, -0.05) is 29.8 Å². The normalized spacial score (nSPS) is 27.7. The Labute approximate surface area is 157 Å². The van der Waals surface area contributed by atoms with Crippen LogP contribution in [0.1, 0.15) is 46.1 Å². The Hall–Kier alpha value is -1.15. The molecule has 3 rings (SSSR count). The molecule has 0 amide bonds. The first kappa shape index (κ1) is 19.6. The quantitative estimate of drug-likeness (QED) is 0.645. The molecule has 2 atom stereocenters. The molecule has 5 nitrogen and oxygen atoms in total. The maximum absolute atomic E-state index is 12.5. The average Bonchev–Trinajstić information content (AvgIpc) is 2.76. The van der Waals surface area contributed by atoms with Gasteiger partial charge in [0.15, 0.2) is 0 Å². The van der Waals surface area contributed by atoms with E-state index in [4.69, 9.17) is 9.31 Å². The summed E-state index contributed by atoms with van der Waals surface area (Å²) in [7, 11) is -3.80. The van der Waals surface area contributed by atoms with Gasteiger partial charge in [0, 0.05) is 11.9 Å². The Morgan fingerprint density at radius 3 is 2.08 bits per heavy atom. The van der Waals surface area contributed by atoms with Crippen molar-refractivity contribution in [1.82, 2.24) is 4.72 Å². The summed E-state index contributed by atoms with van der Waals surface area (Å²) < 4.78 is 40.0. The summed E-state index contributed by atoms with van der Waals surface area (Å²) in [6.45, 7) is 10.1. The van der Waals surface area contributed by atoms with Gasteiger partial charge in [-0.3, -0.25) is 0 Å². The minimum Gasteiger partial charge on any atom is -0.403 e. The Bertz CT molecular complexity index is 770. The Morgan fingerprint density at radius 1 is 1.00 bits per heavy atom. The second-order valence-corrected chi connectivity index (χ2v) is 10.0. The summed E-state index contributed by atoms with van der Waals surface area (Å²) in [4.78, 5) is 0.296. The predicted octanol–water partition coefficient (Wildman–Crippen LogP) is 3.45. The lowest BCUT2D eigenvalue weighted by atomic mass is 9.67. The molecule has 0 spiro atoms. The van der Waals surface area contributed by atoms with Gasteiger partial charge >= 0.3 is 7.12 Å². The van der Waals surface area contributed by atoms with Gasteiger partial charge < -0.3 is 9.31 Å². The molecule has 1 fully saturated rings. The maximum Gasteiger partial charge on any atom is 0.465 e. The fourth-order valence-corrected chi connectivity index (χ4v) is 4.44. The third kappa shape index (κ3) is 3.91. The van der Waals surface area contributed by atoms with Crippen LogP contribution in [-0.4, -0.2) is 32.8 Å². The molecule has 0 radical (unpaired) electrons. The SMILES string of the molecule is Cc1ccc(S(=O)(=O)N[C@@H]2C=C[C@@H](B3OC(C)(C)C(C)(C)O3)CC2)cc1. The molecule has 0 bridgehead atoms. The summed E-state index contributed by atoms with van der Waals surface area (Å²) in [5, 5.41) is 0. The number of aryl methyl sites for hydroxylation is 1. The first-order valence-corrected chi connectivity index (χ1v) is 10.6. The van der Waals surface area contributed by atoms with Crippen molar-refractivity contribution in [2.24, 2.45) is 0 Å². The lowest BCUT2D eigenvalue weighted by Gasteiger charge is -2.32. The molecule has 1 aliphatic heterocycles. The van der Waals surface area contributed by atoms with Crippen molar-refractivity contribution >= 4 is 17.1 Å². The highest BCUT2D eigenvalue weighted by Gasteiger charge is 2.53. The van der Waals surface area contributed by atoms with E-state index in [1.807, 2.05) is 46.8 Å². The molecule has 0 saturated carbocycles. The van der Waals surface area contributed by atoms with E-state index < -0.39 is 10.0 Å². The molecule has 1 aromatic carbocycles. The summed E-state index contributed by atoms with van der Waals surface area (Å²) in [5.41, 5.74) is 0.330. The van der Waals surface area contributed by atoms with Crippen LogP contribution in [0.25, 0.3) is 0 Å². The number of nitrogens with one attached hydrogen (secondary N) is 1. The predicted molar refractivity (Wildman–Crippen MR) is 103 cm³/mol. The molecule has 26 heavy (non-hydrogen) atoms. The summed E-state index contributed by atoms with van der Waals surface area (Å²) in [5.74, 6) is 0.135. The molecule has 0 aromatic heterocycles. The van der Waals surface area contributed by atoms with Crippen LogP contribution in [-0.2, 0) is 19.3 Å². The number of hydrogen-bond donors (Lipinski definition) is 1. The molecule has 1 heterocycles. The zero-order valence-corrected chi connectivity index (χ0v) is 17.0. The standard InChI is InChI=1S/C19H28BNO4S/c1-14-6-12-17(13-7-14)26(22,23)21-16-10-8-15(9-11-16)20-24-18(2,3)19(4,5)25-20/h6-8,10,12-13,15-16,21H,9,11H2,1-5H3/t15-,16-/m1/s1. The molecule has 1 aromatic rings. The molecular weight excluding hydrogens is 349 g/mol. The van der Waals surface area contributed by atoms with Crippen LogP contribution in [0.4, 0.5) is 0 Å². The molecular formula is C19H28BNO4S. The third-order valence-electron chi connectivity index (χ3n) is 5.66. The molecule has 2 aliphatic rings. The van der Waals surface area contributed by atoms with Crippen LogP contribution >= 0.6 is 0 Å². The Morgan fingerprint density at radius 2 is 1.58 bits per heavy atom. The van der Waals surface area contributed by atoms with Crippen LogP contribution in [0.3, 0.4) is 0 Å². The number of hydrogen-bond acceptors (Lipinski definition) is 4. The second kappa shape index (κ2) is 6.78. The van der Waals surface area contributed by atoms with Crippen LogP contribution in [0.5, 0.6) is 0 Å². The summed E-state index contributed by atoms with van der Waals surface area (Å²) in [6.07, 6.45) is 5.48. The molecule has 1 saturated heterocycles. The van der Waals surface area contributed by atoms with Gasteiger partial charge in [0.1, 0.15) is 0 Å². The first-order chi connectivity index (χ1) is 12.0. The Balaban J connectivity index is 1.64. The minimum absolute atomic E-state index is 0.135. The van der Waals surface area contributed by atoms with E-state index in [1.54, 1.807) is 24.3 Å². The minimum atomic E-state index is -3.51. The fraction of sp³-hybridized carbons (Fsp3) is 0.579. The van der Waals surface area contributed by atoms with Crippen LogP contribution in [0.2, 0.25) is 5.82 Å². The summed E-state index contributed by atoms with van der Waals surface area (Å²) >= 11 is 0. The van der Waals surface area contributed by atoms with Crippen molar-refractivity contribution in [3.05, 3.63) is 42.0 Å². The number of sulfonamides is 1. The molecule has 142 valence electrons. The molecule has 1 N–H and O–H groups in total. The highest BCUT2D eigenvalue weighted by molar-refractivity contribution is 7.89. The smallest absolute Gasteiger partial charge is 0.403 e. The van der Waals surface area contributed by atoms with E-state index in [9.17, 15) is 8.42 Å². The van der Waals surface area contributed by atoms with Gasteiger partial charge in [0.2, 0.25) is 10.0 Å². The topological polar surface area (TPSA) is 64.6 Å². The van der Waals surface area contributed by atoms with E-state index in [2.05, 4.69) is 4.72 Å². The lowest BCUT2D eigenvalue weighted by molar-refractivity contribution is 0.00578. The summed E-state index contributed by atoms with van der Waals surface area (Å²) in [6, 6.07) is 6.67. The van der Waals surface area contributed by atoms with E-state index in [1.165, 1.54) is 0 Å². The monoisotopic (exact) mass is 377 g/mol. The molecule has 1 aliphatic carbocycles. The van der Waals surface area contributed by atoms with Crippen LogP contribution in [0, 0.1) is 6.92 Å². The zero-order valence-electron chi connectivity index (χ0n) is 16.2. The Kier molecular flexibility index (Phi) is 5.12. The van der Waals surface area contributed by atoms with Gasteiger partial charge in [0.05, 0.1) is 16.1 Å². The fourth-order valence-electron chi connectivity index (χ4n) is 3.21. The van der Waals surface area contributed by atoms with Crippen molar-refractivity contribution in [2.45, 2.75) is 75.4 Å². The van der Waals surface area contributed by atoms with E-state index in [-0.39, 0.29) is 30.2 Å². The second-order valence-electron chi connectivity index (χ2n) is 8.29. The first-order valence-electron chi connectivity index (χ1n) is 9.13. The highest BCUT2D eigenvalue weighted by atomic mass is 32.2. The number of allylic oxidation sites excluding steroid dienone is 1. The van der Waals surface area contributed by atoms with Crippen LogP contribution in [0.15, 0.2) is 41.3 Å². The van der Waals surface area contributed by atoms with Gasteiger partial charge in [-0.05, 0) is 59.6 Å². The average molecular weight is 377 g/mol. The lowest BCUT2D eigenvalue weighted by Crippen LogP contribution is -2.41. The van der Waals surface area contributed by atoms with Gasteiger partial charge in [-0.25, -0.2) is 13.1 Å². The van der Waals surface area contributed by atoms with Crippen LogP contribution < -0.4 is 4.72 Å². The number of rotatable bonds is 4. The van der Waals surface area contributed by atoms with Crippen molar-refractivity contribution < 1.29 is 17.7 Å². The van der Waals surface area contributed by atoms with Gasteiger partial charge in [-0.2, -0.15) is 0 Å². The van der Waals surface area contributed by atoms with E-state index in [0.29, 0.717) is 4.90 Å². The van der Waals surface area contributed by atoms with Crippen molar-refractivity contribution in [2.75, 3.05) is 0 Å². The molecule has 0 unspecified atom stereocenters. The zero-order chi connectivity index (χ0) is 19.2. The third-order valence-corrected chi connectivity index (χ3v) is 7.17. The van der Waals surface area contributed by atoms with E-state index in [0.717, 1.165) is 18.4 Å². The highest BCUT2D eigenvalue weighted by Crippen LogP contribution is 2.42. The van der Waals surface area contributed by atoms with Gasteiger partial charge in [0.25, 0.3) is 0 Å². The number of benzene rings is 1. The largest absolute Gasteiger partial charge is 0.465 e. The van der Waals surface area contributed by atoms with Crippen molar-refractivity contribution in [1.29, 1.82) is 0 Å².